The van der Waals surface area contributed by atoms with Crippen LogP contribution >= 0.6 is 11.3 Å². The molecule has 1 unspecified atom stereocenters. The fraction of sp³-hybridized carbons (Fsp3) is 0.409. The first kappa shape index (κ1) is 19.6. The SMILES string of the molecule is CC(=O)N1CCCCCC1Cc1c(C(=O)Nc2cnn(C)c2)sc2ccccc12. The highest BCUT2D eigenvalue weighted by atomic mass is 32.1. The molecule has 2 amide bonds. The summed E-state index contributed by atoms with van der Waals surface area (Å²) in [6.45, 7) is 2.46. The van der Waals surface area contributed by atoms with Gasteiger partial charge in [0.15, 0.2) is 0 Å². The molecule has 1 aromatic carbocycles. The predicted molar refractivity (Wildman–Crippen MR) is 116 cm³/mol. The van der Waals surface area contributed by atoms with Crippen molar-refractivity contribution >= 4 is 38.9 Å². The lowest BCUT2D eigenvalue weighted by molar-refractivity contribution is -0.131. The predicted octanol–water partition coefficient (Wildman–Crippen LogP) is 4.22. The molecule has 6 nitrogen and oxygen atoms in total. The number of likely N-dealkylation sites (tertiary alicyclic amines) is 1. The minimum atomic E-state index is -0.114. The number of nitrogens with zero attached hydrogens (tertiary/aromatic N) is 3. The fourth-order valence-electron chi connectivity index (χ4n) is 4.20. The molecule has 2 aromatic heterocycles. The van der Waals surface area contributed by atoms with Gasteiger partial charge in [-0.2, -0.15) is 5.10 Å². The first-order valence-electron chi connectivity index (χ1n) is 10.1. The Kier molecular flexibility index (Phi) is 5.67. The minimum Gasteiger partial charge on any atom is -0.340 e. The number of fused-ring (bicyclic) bond motifs is 1. The van der Waals surface area contributed by atoms with Crippen molar-refractivity contribution in [3.05, 3.63) is 47.1 Å². The van der Waals surface area contributed by atoms with Crippen LogP contribution in [-0.4, -0.2) is 39.1 Å². The van der Waals surface area contributed by atoms with E-state index < -0.39 is 0 Å². The first-order valence-corrected chi connectivity index (χ1v) is 10.9. The van der Waals surface area contributed by atoms with Crippen molar-refractivity contribution < 1.29 is 9.59 Å². The van der Waals surface area contributed by atoms with E-state index in [1.807, 2.05) is 24.1 Å². The smallest absolute Gasteiger partial charge is 0.266 e. The third kappa shape index (κ3) is 4.19. The zero-order valence-electron chi connectivity index (χ0n) is 16.9. The summed E-state index contributed by atoms with van der Waals surface area (Å²) < 4.78 is 2.76. The lowest BCUT2D eigenvalue weighted by Crippen LogP contribution is -2.40. The van der Waals surface area contributed by atoms with Crippen LogP contribution in [0.5, 0.6) is 0 Å². The van der Waals surface area contributed by atoms with Gasteiger partial charge in [0.1, 0.15) is 0 Å². The molecule has 29 heavy (non-hydrogen) atoms. The van der Waals surface area contributed by atoms with Crippen LogP contribution in [0.1, 0.15) is 47.8 Å². The monoisotopic (exact) mass is 410 g/mol. The summed E-state index contributed by atoms with van der Waals surface area (Å²) in [4.78, 5) is 28.1. The largest absolute Gasteiger partial charge is 0.340 e. The second-order valence-corrected chi connectivity index (χ2v) is 8.73. The minimum absolute atomic E-state index is 0.114. The zero-order valence-corrected chi connectivity index (χ0v) is 17.7. The number of hydrogen-bond acceptors (Lipinski definition) is 4. The number of nitrogens with one attached hydrogen (secondary N) is 1. The summed E-state index contributed by atoms with van der Waals surface area (Å²) in [7, 11) is 1.82. The van der Waals surface area contributed by atoms with Crippen molar-refractivity contribution in [1.82, 2.24) is 14.7 Å². The number of rotatable bonds is 4. The number of carbonyl (C=O) groups is 2. The van der Waals surface area contributed by atoms with Crippen molar-refractivity contribution in [2.24, 2.45) is 7.05 Å². The van der Waals surface area contributed by atoms with Crippen LogP contribution in [0.3, 0.4) is 0 Å². The molecular formula is C22H26N4O2S. The van der Waals surface area contributed by atoms with Gasteiger partial charge in [0.25, 0.3) is 5.91 Å². The number of carbonyl (C=O) groups excluding carboxylic acids is 2. The van der Waals surface area contributed by atoms with Crippen LogP contribution in [0.4, 0.5) is 5.69 Å². The quantitative estimate of drug-likeness (QED) is 0.700. The topological polar surface area (TPSA) is 67.2 Å². The average molecular weight is 411 g/mol. The molecular weight excluding hydrogens is 384 g/mol. The number of aromatic nitrogens is 2. The van der Waals surface area contributed by atoms with Gasteiger partial charge in [-0.25, -0.2) is 0 Å². The van der Waals surface area contributed by atoms with E-state index >= 15 is 0 Å². The molecule has 1 atom stereocenters. The molecule has 0 radical (unpaired) electrons. The molecule has 7 heteroatoms. The molecule has 4 rings (SSSR count). The van der Waals surface area contributed by atoms with E-state index in [9.17, 15) is 9.59 Å². The van der Waals surface area contributed by atoms with Gasteiger partial charge in [0, 0.05) is 37.5 Å². The van der Waals surface area contributed by atoms with Gasteiger partial charge in [0.2, 0.25) is 5.91 Å². The molecule has 0 aliphatic carbocycles. The van der Waals surface area contributed by atoms with E-state index in [-0.39, 0.29) is 17.9 Å². The van der Waals surface area contributed by atoms with E-state index in [1.165, 1.54) is 11.3 Å². The van der Waals surface area contributed by atoms with E-state index in [1.54, 1.807) is 24.0 Å². The molecule has 1 aliphatic rings. The van der Waals surface area contributed by atoms with E-state index in [0.29, 0.717) is 12.1 Å². The highest BCUT2D eigenvalue weighted by Gasteiger charge is 2.27. The highest BCUT2D eigenvalue weighted by molar-refractivity contribution is 7.21. The van der Waals surface area contributed by atoms with Gasteiger partial charge in [-0.05, 0) is 36.3 Å². The number of benzene rings is 1. The zero-order chi connectivity index (χ0) is 20.4. The summed E-state index contributed by atoms with van der Waals surface area (Å²) in [5.41, 5.74) is 1.73. The summed E-state index contributed by atoms with van der Waals surface area (Å²) >= 11 is 1.52. The molecule has 0 bridgehead atoms. The second kappa shape index (κ2) is 8.37. The van der Waals surface area contributed by atoms with Gasteiger partial charge in [0.05, 0.1) is 16.8 Å². The molecule has 3 aromatic rings. The van der Waals surface area contributed by atoms with Crippen molar-refractivity contribution in [3.8, 4) is 0 Å². The summed E-state index contributed by atoms with van der Waals surface area (Å²) in [6, 6.07) is 8.28. The fourth-order valence-corrected chi connectivity index (χ4v) is 5.33. The highest BCUT2D eigenvalue weighted by Crippen LogP contribution is 2.34. The van der Waals surface area contributed by atoms with Crippen LogP contribution in [0, 0.1) is 0 Å². The van der Waals surface area contributed by atoms with Gasteiger partial charge in [-0.15, -0.1) is 11.3 Å². The van der Waals surface area contributed by atoms with Crippen molar-refractivity contribution in [2.45, 2.75) is 45.1 Å². The number of anilines is 1. The summed E-state index contributed by atoms with van der Waals surface area (Å²) in [5, 5.41) is 8.21. The van der Waals surface area contributed by atoms with Gasteiger partial charge < -0.3 is 10.2 Å². The van der Waals surface area contributed by atoms with Crippen LogP contribution in [0.25, 0.3) is 10.1 Å². The maximum Gasteiger partial charge on any atom is 0.266 e. The van der Waals surface area contributed by atoms with E-state index in [2.05, 4.69) is 22.5 Å². The molecule has 0 saturated carbocycles. The molecule has 1 aliphatic heterocycles. The molecule has 1 saturated heterocycles. The van der Waals surface area contributed by atoms with Gasteiger partial charge in [-0.3, -0.25) is 14.3 Å². The Morgan fingerprint density at radius 1 is 1.24 bits per heavy atom. The first-order chi connectivity index (χ1) is 14.0. The Bertz CT molecular complexity index is 1040. The molecule has 3 heterocycles. The Labute approximate surface area is 174 Å². The number of aryl methyl sites for hydroxylation is 1. The number of amides is 2. The van der Waals surface area contributed by atoms with E-state index in [0.717, 1.165) is 52.8 Å². The number of hydrogen-bond donors (Lipinski definition) is 1. The lowest BCUT2D eigenvalue weighted by Gasteiger charge is -2.29. The van der Waals surface area contributed by atoms with Crippen LogP contribution in [-0.2, 0) is 18.3 Å². The summed E-state index contributed by atoms with van der Waals surface area (Å²) in [6.07, 6.45) is 8.44. The molecule has 1 fully saturated rings. The van der Waals surface area contributed by atoms with E-state index in [4.69, 9.17) is 0 Å². The molecule has 0 spiro atoms. The average Bonchev–Trinajstić information content (AvgIpc) is 3.17. The Morgan fingerprint density at radius 2 is 2.07 bits per heavy atom. The van der Waals surface area contributed by atoms with Gasteiger partial charge in [-0.1, -0.05) is 31.0 Å². The third-order valence-electron chi connectivity index (χ3n) is 5.59. The Morgan fingerprint density at radius 3 is 2.83 bits per heavy atom. The Hall–Kier alpha value is -2.67. The Balaban J connectivity index is 1.69. The van der Waals surface area contributed by atoms with Crippen LogP contribution in [0.15, 0.2) is 36.7 Å². The van der Waals surface area contributed by atoms with Crippen molar-refractivity contribution in [1.29, 1.82) is 0 Å². The van der Waals surface area contributed by atoms with Crippen LogP contribution in [0.2, 0.25) is 0 Å². The normalized spacial score (nSPS) is 17.3. The lowest BCUT2D eigenvalue weighted by atomic mass is 9.98. The third-order valence-corrected chi connectivity index (χ3v) is 6.80. The maximum absolute atomic E-state index is 13.1. The van der Waals surface area contributed by atoms with Crippen molar-refractivity contribution in [2.75, 3.05) is 11.9 Å². The maximum atomic E-state index is 13.1. The molecule has 152 valence electrons. The second-order valence-electron chi connectivity index (χ2n) is 7.68. The summed E-state index contributed by atoms with van der Waals surface area (Å²) in [5.74, 6) is 0.00925. The molecule has 1 N–H and O–H groups in total. The van der Waals surface area contributed by atoms with Crippen LogP contribution < -0.4 is 5.32 Å². The van der Waals surface area contributed by atoms with Crippen molar-refractivity contribution in [3.63, 3.8) is 0 Å². The number of thiophene rings is 1. The standard InChI is InChI=1S/C22H26N4O2S/c1-15(27)26-11-7-3-4-8-17(26)12-19-18-9-5-6-10-20(18)29-21(19)22(28)24-16-13-23-25(2)14-16/h5-6,9-10,13-14,17H,3-4,7-8,11-12H2,1-2H3,(H,24,28). The van der Waals surface area contributed by atoms with Gasteiger partial charge >= 0.3 is 0 Å².